The number of pyridine rings is 1. The third-order valence-electron chi connectivity index (χ3n) is 4.97. The van der Waals surface area contributed by atoms with E-state index in [2.05, 4.69) is 15.3 Å². The zero-order chi connectivity index (χ0) is 21.4. The minimum atomic E-state index is -1.35. The number of aromatic nitrogens is 3. The Morgan fingerprint density at radius 2 is 1.97 bits per heavy atom. The summed E-state index contributed by atoms with van der Waals surface area (Å²) in [6.07, 6.45) is 3.29. The van der Waals surface area contributed by atoms with Crippen LogP contribution in [0.25, 0.3) is 16.7 Å². The molecule has 3 aromatic rings. The second-order valence-corrected chi connectivity index (χ2v) is 7.10. The van der Waals surface area contributed by atoms with E-state index < -0.39 is 17.0 Å². The van der Waals surface area contributed by atoms with Crippen molar-refractivity contribution < 1.29 is 19.8 Å². The zero-order valence-electron chi connectivity index (χ0n) is 16.1. The molecule has 1 atom stereocenters. The zero-order valence-corrected chi connectivity index (χ0v) is 16.1. The molecule has 1 aromatic carbocycles. The molecular formula is C20H19N5O5. The standard InChI is InChI=1S/C20H19N5O5/c1-11(26)22-12-6-7-24(9-12)20-21-8-15-17(28)16(19(29)30)10-25(18(15)23-20)13-2-4-14(27)5-3-13/h2-5,8,10,12,27H,6-7,9H2,1H3,(H,22,26)(H,29,30). The van der Waals surface area contributed by atoms with Crippen LogP contribution in [0, 0.1) is 0 Å². The van der Waals surface area contributed by atoms with E-state index in [0.717, 1.165) is 6.42 Å². The highest BCUT2D eigenvalue weighted by Gasteiger charge is 2.26. The number of aromatic carboxylic acids is 1. The summed E-state index contributed by atoms with van der Waals surface area (Å²) in [7, 11) is 0. The van der Waals surface area contributed by atoms with E-state index in [9.17, 15) is 24.6 Å². The number of amides is 1. The Labute approximate surface area is 170 Å². The van der Waals surface area contributed by atoms with Gasteiger partial charge in [0.05, 0.1) is 5.39 Å². The Balaban J connectivity index is 1.84. The van der Waals surface area contributed by atoms with Gasteiger partial charge in [0.15, 0.2) is 5.65 Å². The Kier molecular flexibility index (Phi) is 4.82. The summed E-state index contributed by atoms with van der Waals surface area (Å²) in [6.45, 7) is 2.63. The summed E-state index contributed by atoms with van der Waals surface area (Å²) in [4.78, 5) is 46.2. The van der Waals surface area contributed by atoms with E-state index in [4.69, 9.17) is 0 Å². The summed E-state index contributed by atoms with van der Waals surface area (Å²) in [5.74, 6) is -1.02. The number of hydrogen-bond donors (Lipinski definition) is 3. The lowest BCUT2D eigenvalue weighted by Gasteiger charge is -2.18. The van der Waals surface area contributed by atoms with Crippen molar-refractivity contribution in [2.45, 2.75) is 19.4 Å². The van der Waals surface area contributed by atoms with Crippen molar-refractivity contribution in [2.24, 2.45) is 0 Å². The van der Waals surface area contributed by atoms with Crippen molar-refractivity contribution in [2.75, 3.05) is 18.0 Å². The van der Waals surface area contributed by atoms with Crippen LogP contribution in [-0.2, 0) is 4.79 Å². The first-order valence-corrected chi connectivity index (χ1v) is 9.30. The van der Waals surface area contributed by atoms with Crippen LogP contribution in [0.15, 0.2) is 41.5 Å². The fourth-order valence-electron chi connectivity index (χ4n) is 3.56. The molecule has 1 aliphatic heterocycles. The van der Waals surface area contributed by atoms with Crippen LogP contribution in [0.4, 0.5) is 5.95 Å². The van der Waals surface area contributed by atoms with Crippen LogP contribution in [0.5, 0.6) is 5.75 Å². The van der Waals surface area contributed by atoms with Gasteiger partial charge in [-0.25, -0.2) is 9.78 Å². The van der Waals surface area contributed by atoms with Gasteiger partial charge in [0, 0.05) is 44.1 Å². The first-order chi connectivity index (χ1) is 14.3. The van der Waals surface area contributed by atoms with E-state index in [0.29, 0.717) is 24.7 Å². The molecular weight excluding hydrogens is 390 g/mol. The van der Waals surface area contributed by atoms with Crippen LogP contribution in [0.3, 0.4) is 0 Å². The van der Waals surface area contributed by atoms with E-state index in [1.807, 2.05) is 4.90 Å². The lowest BCUT2D eigenvalue weighted by molar-refractivity contribution is -0.119. The fraction of sp³-hybridized carbons (Fsp3) is 0.250. The number of carboxylic acids is 1. The molecule has 1 fully saturated rings. The van der Waals surface area contributed by atoms with Gasteiger partial charge < -0.3 is 25.0 Å². The topological polar surface area (TPSA) is 138 Å². The van der Waals surface area contributed by atoms with Crippen molar-refractivity contribution in [1.29, 1.82) is 0 Å². The van der Waals surface area contributed by atoms with E-state index >= 15 is 0 Å². The number of carboxylic acid groups (broad SMARTS) is 1. The normalized spacial score (nSPS) is 16.0. The number of carbonyl (C=O) groups excluding carboxylic acids is 1. The minimum absolute atomic E-state index is 0.0181. The molecule has 1 aliphatic rings. The molecule has 0 aliphatic carbocycles. The molecule has 0 bridgehead atoms. The summed E-state index contributed by atoms with van der Waals surface area (Å²) >= 11 is 0. The number of rotatable bonds is 4. The Morgan fingerprint density at radius 3 is 2.63 bits per heavy atom. The van der Waals surface area contributed by atoms with Gasteiger partial charge in [-0.2, -0.15) is 4.98 Å². The smallest absolute Gasteiger partial charge is 0.341 e. The predicted molar refractivity (Wildman–Crippen MR) is 108 cm³/mol. The van der Waals surface area contributed by atoms with Crippen molar-refractivity contribution in [1.82, 2.24) is 19.9 Å². The second kappa shape index (κ2) is 7.47. The van der Waals surface area contributed by atoms with Gasteiger partial charge >= 0.3 is 5.97 Å². The van der Waals surface area contributed by atoms with Crippen LogP contribution < -0.4 is 15.6 Å². The molecule has 0 spiro atoms. The number of nitrogens with zero attached hydrogens (tertiary/aromatic N) is 4. The average molecular weight is 409 g/mol. The second-order valence-electron chi connectivity index (χ2n) is 7.10. The van der Waals surface area contributed by atoms with Crippen LogP contribution in [0.2, 0.25) is 0 Å². The highest BCUT2D eigenvalue weighted by Crippen LogP contribution is 2.22. The van der Waals surface area contributed by atoms with Gasteiger partial charge in [-0.1, -0.05) is 0 Å². The highest BCUT2D eigenvalue weighted by atomic mass is 16.4. The SMILES string of the molecule is CC(=O)NC1CCN(c2ncc3c(=O)c(C(=O)O)cn(-c4ccc(O)cc4)c3n2)C1. The fourth-order valence-corrected chi connectivity index (χ4v) is 3.56. The number of benzene rings is 1. The maximum atomic E-state index is 12.6. The molecule has 30 heavy (non-hydrogen) atoms. The molecule has 1 amide bonds. The monoisotopic (exact) mass is 409 g/mol. The minimum Gasteiger partial charge on any atom is -0.508 e. The number of anilines is 1. The Morgan fingerprint density at radius 1 is 1.23 bits per heavy atom. The van der Waals surface area contributed by atoms with E-state index in [1.54, 1.807) is 12.1 Å². The molecule has 1 unspecified atom stereocenters. The maximum absolute atomic E-state index is 12.6. The molecule has 3 heterocycles. The molecule has 0 radical (unpaired) electrons. The lowest BCUT2D eigenvalue weighted by atomic mass is 10.2. The van der Waals surface area contributed by atoms with Gasteiger partial charge in [-0.05, 0) is 30.7 Å². The van der Waals surface area contributed by atoms with E-state index in [-0.39, 0.29) is 28.7 Å². The summed E-state index contributed by atoms with van der Waals surface area (Å²) in [5.41, 5.74) is -0.290. The number of nitrogens with one attached hydrogen (secondary N) is 1. The van der Waals surface area contributed by atoms with Gasteiger partial charge in [0.2, 0.25) is 17.3 Å². The Bertz CT molecular complexity index is 1200. The van der Waals surface area contributed by atoms with Crippen LogP contribution >= 0.6 is 0 Å². The first-order valence-electron chi connectivity index (χ1n) is 9.30. The number of hydrogen-bond acceptors (Lipinski definition) is 7. The first kappa shape index (κ1) is 19.4. The van der Waals surface area contributed by atoms with Gasteiger partial charge in [-0.15, -0.1) is 0 Å². The van der Waals surface area contributed by atoms with Crippen molar-refractivity contribution in [3.8, 4) is 11.4 Å². The maximum Gasteiger partial charge on any atom is 0.341 e. The number of phenols is 1. The number of aromatic hydroxyl groups is 1. The van der Waals surface area contributed by atoms with Gasteiger partial charge in [0.25, 0.3) is 0 Å². The average Bonchev–Trinajstić information content (AvgIpc) is 3.16. The molecule has 1 saturated heterocycles. The highest BCUT2D eigenvalue weighted by molar-refractivity contribution is 5.92. The number of phenolic OH excluding ortho intramolecular Hbond substituents is 1. The van der Waals surface area contributed by atoms with Crippen molar-refractivity contribution >= 4 is 28.9 Å². The number of fused-ring (bicyclic) bond motifs is 1. The largest absolute Gasteiger partial charge is 0.508 e. The molecule has 10 nitrogen and oxygen atoms in total. The third kappa shape index (κ3) is 3.54. The Hall–Kier alpha value is -3.95. The van der Waals surface area contributed by atoms with Crippen LogP contribution in [0.1, 0.15) is 23.7 Å². The van der Waals surface area contributed by atoms with Gasteiger partial charge in [0.1, 0.15) is 11.3 Å². The molecule has 154 valence electrons. The van der Waals surface area contributed by atoms with E-state index in [1.165, 1.54) is 36.0 Å². The van der Waals surface area contributed by atoms with Crippen LogP contribution in [-0.4, -0.2) is 55.8 Å². The number of carbonyl (C=O) groups is 2. The quantitative estimate of drug-likeness (QED) is 0.578. The third-order valence-corrected chi connectivity index (χ3v) is 4.97. The summed E-state index contributed by atoms with van der Waals surface area (Å²) < 4.78 is 1.49. The lowest BCUT2D eigenvalue weighted by Crippen LogP contribution is -2.36. The van der Waals surface area contributed by atoms with Gasteiger partial charge in [-0.3, -0.25) is 9.59 Å². The molecule has 0 saturated carbocycles. The molecule has 3 N–H and O–H groups in total. The van der Waals surface area contributed by atoms with Crippen molar-refractivity contribution in [3.63, 3.8) is 0 Å². The summed E-state index contributed by atoms with van der Waals surface area (Å²) in [6, 6.07) is 6.08. The van der Waals surface area contributed by atoms with Crippen molar-refractivity contribution in [3.05, 3.63) is 52.4 Å². The molecule has 10 heteroatoms. The predicted octanol–water partition coefficient (Wildman–Crippen LogP) is 0.899. The summed E-state index contributed by atoms with van der Waals surface area (Å²) in [5, 5.41) is 21.9. The molecule has 4 rings (SSSR count). The molecule has 2 aromatic heterocycles.